The van der Waals surface area contributed by atoms with E-state index < -0.39 is 0 Å². The van der Waals surface area contributed by atoms with Gasteiger partial charge in [-0.1, -0.05) is 38.3 Å². The van der Waals surface area contributed by atoms with Gasteiger partial charge in [0.25, 0.3) is 5.91 Å². The zero-order valence-electron chi connectivity index (χ0n) is 12.9. The molecule has 0 atom stereocenters. The highest BCUT2D eigenvalue weighted by Crippen LogP contribution is 2.37. The molecule has 1 aromatic heterocycles. The highest BCUT2D eigenvalue weighted by atomic mass is 35.5. The molecule has 5 heteroatoms. The van der Waals surface area contributed by atoms with Crippen LogP contribution < -0.4 is 10.1 Å². The van der Waals surface area contributed by atoms with Crippen LogP contribution in [-0.4, -0.2) is 24.5 Å². The van der Waals surface area contributed by atoms with Crippen LogP contribution in [0.5, 0.6) is 5.88 Å². The van der Waals surface area contributed by atoms with Gasteiger partial charge in [0.05, 0.1) is 7.11 Å². The fraction of sp³-hybridized carbons (Fsp3) is 0.625. The zero-order valence-corrected chi connectivity index (χ0v) is 13.7. The van der Waals surface area contributed by atoms with Crippen molar-refractivity contribution in [1.29, 1.82) is 0 Å². The summed E-state index contributed by atoms with van der Waals surface area (Å²) in [5, 5.41) is 3.28. The Balaban J connectivity index is 1.97. The van der Waals surface area contributed by atoms with Crippen molar-refractivity contribution in [2.45, 2.75) is 39.5 Å². The molecule has 1 N–H and O–H groups in total. The van der Waals surface area contributed by atoms with Gasteiger partial charge >= 0.3 is 0 Å². The van der Waals surface area contributed by atoms with Crippen LogP contribution in [0.15, 0.2) is 12.1 Å². The molecule has 21 heavy (non-hydrogen) atoms. The average molecular weight is 311 g/mol. The number of halogens is 1. The molecule has 1 aliphatic rings. The van der Waals surface area contributed by atoms with E-state index in [9.17, 15) is 4.79 Å². The maximum Gasteiger partial charge on any atom is 0.251 e. The largest absolute Gasteiger partial charge is 0.481 e. The smallest absolute Gasteiger partial charge is 0.251 e. The molecule has 0 saturated heterocycles. The molecule has 1 heterocycles. The van der Waals surface area contributed by atoms with Crippen molar-refractivity contribution in [3.8, 4) is 5.88 Å². The van der Waals surface area contributed by atoms with E-state index in [0.29, 0.717) is 18.0 Å². The lowest BCUT2D eigenvalue weighted by molar-refractivity contribution is 0.0909. The third-order valence-electron chi connectivity index (χ3n) is 4.40. The lowest BCUT2D eigenvalue weighted by Crippen LogP contribution is -2.38. The molecule has 0 spiro atoms. The second-order valence-electron chi connectivity index (χ2n) is 6.40. The lowest BCUT2D eigenvalue weighted by Gasteiger charge is -2.36. The number of hydrogen-bond acceptors (Lipinski definition) is 3. The van der Waals surface area contributed by atoms with Gasteiger partial charge in [-0.3, -0.25) is 4.79 Å². The average Bonchev–Trinajstić information content (AvgIpc) is 2.47. The maximum absolute atomic E-state index is 12.3. The van der Waals surface area contributed by atoms with Crippen molar-refractivity contribution in [2.24, 2.45) is 11.3 Å². The molecule has 4 nitrogen and oxygen atoms in total. The Morgan fingerprint density at radius 2 is 2.14 bits per heavy atom. The molecule has 0 aromatic carbocycles. The molecule has 2 rings (SSSR count). The quantitative estimate of drug-likeness (QED) is 0.863. The zero-order chi connectivity index (χ0) is 15.5. The number of methoxy groups -OCH3 is 1. The summed E-state index contributed by atoms with van der Waals surface area (Å²) >= 11 is 5.89. The topological polar surface area (TPSA) is 51.2 Å². The first-order chi connectivity index (χ1) is 9.92. The second kappa shape index (κ2) is 6.65. The molecule has 1 aromatic rings. The number of amides is 1. The van der Waals surface area contributed by atoms with Crippen LogP contribution in [0.2, 0.25) is 5.15 Å². The Hall–Kier alpha value is -1.29. The minimum absolute atomic E-state index is 0.127. The van der Waals surface area contributed by atoms with Crippen LogP contribution in [-0.2, 0) is 0 Å². The van der Waals surface area contributed by atoms with Crippen LogP contribution in [0.4, 0.5) is 0 Å². The van der Waals surface area contributed by atoms with Crippen molar-refractivity contribution in [2.75, 3.05) is 13.7 Å². The SMILES string of the molecule is COc1cc(C(=O)NCC2(C)CCC(C)CC2)cc(Cl)n1. The summed E-state index contributed by atoms with van der Waals surface area (Å²) in [6, 6.07) is 3.16. The Kier molecular flexibility index (Phi) is 5.09. The Morgan fingerprint density at radius 3 is 2.76 bits per heavy atom. The van der Waals surface area contributed by atoms with Gasteiger partial charge in [-0.25, -0.2) is 4.98 Å². The van der Waals surface area contributed by atoms with Crippen LogP contribution in [0.1, 0.15) is 49.9 Å². The van der Waals surface area contributed by atoms with E-state index in [1.54, 1.807) is 12.1 Å². The molecule has 0 radical (unpaired) electrons. The summed E-state index contributed by atoms with van der Waals surface area (Å²) in [5.74, 6) is 1.03. The number of nitrogens with zero attached hydrogens (tertiary/aromatic N) is 1. The van der Waals surface area contributed by atoms with Gasteiger partial charge in [-0.05, 0) is 30.2 Å². The van der Waals surface area contributed by atoms with Crippen LogP contribution in [0.3, 0.4) is 0 Å². The molecular weight excluding hydrogens is 288 g/mol. The maximum atomic E-state index is 12.3. The molecule has 116 valence electrons. The van der Waals surface area contributed by atoms with E-state index in [2.05, 4.69) is 24.1 Å². The highest BCUT2D eigenvalue weighted by molar-refractivity contribution is 6.29. The summed E-state index contributed by atoms with van der Waals surface area (Å²) in [6.45, 7) is 5.24. The van der Waals surface area contributed by atoms with Crippen LogP contribution in [0, 0.1) is 11.3 Å². The van der Waals surface area contributed by atoms with Gasteiger partial charge in [-0.2, -0.15) is 0 Å². The predicted octanol–water partition coefficient (Wildman–Crippen LogP) is 3.69. The van der Waals surface area contributed by atoms with E-state index in [-0.39, 0.29) is 16.5 Å². The van der Waals surface area contributed by atoms with Crippen molar-refractivity contribution < 1.29 is 9.53 Å². The molecule has 1 amide bonds. The van der Waals surface area contributed by atoms with Crippen molar-refractivity contribution in [3.05, 3.63) is 22.8 Å². The normalized spacial score (nSPS) is 25.4. The summed E-state index contributed by atoms with van der Waals surface area (Å²) in [4.78, 5) is 16.2. The summed E-state index contributed by atoms with van der Waals surface area (Å²) < 4.78 is 5.04. The monoisotopic (exact) mass is 310 g/mol. The first-order valence-electron chi connectivity index (χ1n) is 7.42. The minimum Gasteiger partial charge on any atom is -0.481 e. The number of carbonyl (C=O) groups is 1. The molecule has 0 aliphatic heterocycles. The first kappa shape index (κ1) is 16.1. The highest BCUT2D eigenvalue weighted by Gasteiger charge is 2.30. The number of hydrogen-bond donors (Lipinski definition) is 1. The van der Waals surface area contributed by atoms with Crippen molar-refractivity contribution >= 4 is 17.5 Å². The van der Waals surface area contributed by atoms with Gasteiger partial charge in [0.15, 0.2) is 0 Å². The predicted molar refractivity (Wildman–Crippen MR) is 83.9 cm³/mol. The molecule has 0 unspecified atom stereocenters. The van der Waals surface area contributed by atoms with Crippen molar-refractivity contribution in [3.63, 3.8) is 0 Å². The van der Waals surface area contributed by atoms with Gasteiger partial charge in [0.1, 0.15) is 5.15 Å². The van der Waals surface area contributed by atoms with Crippen molar-refractivity contribution in [1.82, 2.24) is 10.3 Å². The Bertz CT molecular complexity index is 511. The fourth-order valence-electron chi connectivity index (χ4n) is 2.74. The second-order valence-corrected chi connectivity index (χ2v) is 6.78. The Morgan fingerprint density at radius 1 is 1.48 bits per heavy atom. The van der Waals surface area contributed by atoms with Gasteiger partial charge in [0.2, 0.25) is 5.88 Å². The van der Waals surface area contributed by atoms with E-state index in [1.807, 2.05) is 0 Å². The number of pyridine rings is 1. The lowest BCUT2D eigenvalue weighted by atomic mass is 9.72. The fourth-order valence-corrected chi connectivity index (χ4v) is 2.94. The van der Waals surface area contributed by atoms with Gasteiger partial charge in [-0.15, -0.1) is 0 Å². The van der Waals surface area contributed by atoms with E-state index in [0.717, 1.165) is 18.8 Å². The number of carbonyl (C=O) groups excluding carboxylic acids is 1. The summed E-state index contributed by atoms with van der Waals surface area (Å²) in [5.41, 5.74) is 0.683. The standard InChI is InChI=1S/C16H23ClN2O2/c1-11-4-6-16(2,7-5-11)10-18-15(20)12-8-13(17)19-14(9-12)21-3/h8-9,11H,4-7,10H2,1-3H3,(H,18,20). The number of nitrogens with one attached hydrogen (secondary N) is 1. The summed E-state index contributed by atoms with van der Waals surface area (Å²) in [6.07, 6.45) is 4.80. The number of ether oxygens (including phenoxy) is 1. The third kappa shape index (κ3) is 4.34. The van der Waals surface area contributed by atoms with Gasteiger partial charge in [0, 0.05) is 18.2 Å². The molecule has 0 bridgehead atoms. The van der Waals surface area contributed by atoms with E-state index >= 15 is 0 Å². The first-order valence-corrected chi connectivity index (χ1v) is 7.79. The minimum atomic E-state index is -0.127. The van der Waals surface area contributed by atoms with Crippen LogP contribution >= 0.6 is 11.6 Å². The third-order valence-corrected chi connectivity index (χ3v) is 4.59. The number of rotatable bonds is 4. The molecular formula is C16H23ClN2O2. The Labute approximate surface area is 131 Å². The van der Waals surface area contributed by atoms with E-state index in [4.69, 9.17) is 16.3 Å². The number of aromatic nitrogens is 1. The molecule has 1 fully saturated rings. The summed E-state index contributed by atoms with van der Waals surface area (Å²) in [7, 11) is 1.50. The van der Waals surface area contributed by atoms with E-state index in [1.165, 1.54) is 20.0 Å². The van der Waals surface area contributed by atoms with Gasteiger partial charge < -0.3 is 10.1 Å². The molecule has 1 aliphatic carbocycles. The van der Waals surface area contributed by atoms with Crippen LogP contribution in [0.25, 0.3) is 0 Å². The molecule has 1 saturated carbocycles.